The first kappa shape index (κ1) is 38.5. The third-order valence-electron chi connectivity index (χ3n) is 11.1. The van der Waals surface area contributed by atoms with Gasteiger partial charge in [-0.15, -0.1) is 0 Å². The molecular formula is C54H31F3N6. The fraction of sp³-hybridized carbons (Fsp3) is 0.0185. The zero-order chi connectivity index (χ0) is 43.1. The van der Waals surface area contributed by atoms with Gasteiger partial charge in [0.05, 0.1) is 45.5 Å². The van der Waals surface area contributed by atoms with Crippen LogP contribution in [0.5, 0.6) is 0 Å². The van der Waals surface area contributed by atoms with Crippen molar-refractivity contribution in [3.63, 3.8) is 0 Å². The van der Waals surface area contributed by atoms with E-state index in [1.165, 1.54) is 12.1 Å². The van der Waals surface area contributed by atoms with Crippen molar-refractivity contribution in [2.24, 2.45) is 0 Å². The van der Waals surface area contributed by atoms with E-state index in [4.69, 9.17) is 15.0 Å². The highest BCUT2D eigenvalue weighted by Crippen LogP contribution is 2.44. The molecule has 0 saturated carbocycles. The summed E-state index contributed by atoms with van der Waals surface area (Å²) in [6, 6.07) is 61.2. The number of benzene rings is 8. The van der Waals surface area contributed by atoms with Gasteiger partial charge in [-0.3, -0.25) is 0 Å². The topological polar surface area (TPSA) is 91.2 Å². The maximum atomic E-state index is 14.9. The second-order valence-corrected chi connectivity index (χ2v) is 15.0. The first-order chi connectivity index (χ1) is 30.7. The number of rotatable bonds is 7. The van der Waals surface area contributed by atoms with E-state index in [1.807, 2.05) is 132 Å². The lowest BCUT2D eigenvalue weighted by atomic mass is 9.96. The van der Waals surface area contributed by atoms with Crippen molar-refractivity contribution < 1.29 is 13.2 Å². The van der Waals surface area contributed by atoms with Crippen molar-refractivity contribution in [3.05, 3.63) is 205 Å². The Balaban J connectivity index is 1.28. The molecular weight excluding hydrogens is 790 g/mol. The molecule has 10 aromatic rings. The molecule has 8 aromatic carbocycles. The predicted molar refractivity (Wildman–Crippen MR) is 241 cm³/mol. The van der Waals surface area contributed by atoms with Gasteiger partial charge in [-0.05, 0) is 88.5 Å². The van der Waals surface area contributed by atoms with Crippen LogP contribution in [-0.4, -0.2) is 19.5 Å². The van der Waals surface area contributed by atoms with E-state index in [0.717, 1.165) is 61.3 Å². The summed E-state index contributed by atoms with van der Waals surface area (Å²) in [7, 11) is 0. The first-order valence-corrected chi connectivity index (χ1v) is 20.0. The molecule has 0 aliphatic carbocycles. The molecule has 0 aliphatic rings. The highest BCUT2D eigenvalue weighted by atomic mass is 19.4. The Hall–Kier alpha value is -8.66. The molecule has 0 fully saturated rings. The molecule has 0 amide bonds. The van der Waals surface area contributed by atoms with E-state index in [1.54, 1.807) is 30.3 Å². The summed E-state index contributed by atoms with van der Waals surface area (Å²) in [5.74, 6) is 1.25. The predicted octanol–water partition coefficient (Wildman–Crippen LogP) is 13.7. The van der Waals surface area contributed by atoms with Gasteiger partial charge in [0.2, 0.25) is 0 Å². The number of hydrogen-bond acceptors (Lipinski definition) is 5. The molecule has 6 nitrogen and oxygen atoms in total. The molecule has 0 radical (unpaired) electrons. The van der Waals surface area contributed by atoms with Gasteiger partial charge in [0, 0.05) is 33.0 Å². The van der Waals surface area contributed by atoms with E-state index in [9.17, 15) is 23.7 Å². The quantitative estimate of drug-likeness (QED) is 0.160. The minimum atomic E-state index is -4.64. The number of hydrogen-bond donors (Lipinski definition) is 0. The summed E-state index contributed by atoms with van der Waals surface area (Å²) in [4.78, 5) is 14.8. The highest BCUT2D eigenvalue weighted by molar-refractivity contribution is 6.12. The van der Waals surface area contributed by atoms with Gasteiger partial charge in [-0.1, -0.05) is 127 Å². The lowest BCUT2D eigenvalue weighted by Gasteiger charge is -2.19. The lowest BCUT2D eigenvalue weighted by molar-refractivity contribution is -0.137. The van der Waals surface area contributed by atoms with Crippen molar-refractivity contribution in [2.45, 2.75) is 6.18 Å². The molecule has 63 heavy (non-hydrogen) atoms. The van der Waals surface area contributed by atoms with E-state index >= 15 is 0 Å². The highest BCUT2D eigenvalue weighted by Gasteiger charge is 2.34. The van der Waals surface area contributed by atoms with Crippen molar-refractivity contribution in [2.75, 3.05) is 0 Å². The molecule has 9 heteroatoms. The van der Waals surface area contributed by atoms with Crippen molar-refractivity contribution in [3.8, 4) is 85.4 Å². The van der Waals surface area contributed by atoms with Gasteiger partial charge >= 0.3 is 6.18 Å². The molecule has 0 spiro atoms. The zero-order valence-corrected chi connectivity index (χ0v) is 33.2. The van der Waals surface area contributed by atoms with Gasteiger partial charge in [0.1, 0.15) is 0 Å². The molecule has 2 aromatic heterocycles. The molecule has 0 unspecified atom stereocenters. The summed E-state index contributed by atoms with van der Waals surface area (Å²) in [6.07, 6.45) is -4.64. The largest absolute Gasteiger partial charge is 0.417 e. The van der Waals surface area contributed by atoms with E-state index < -0.39 is 11.7 Å². The van der Waals surface area contributed by atoms with Crippen LogP contribution in [0, 0.1) is 22.7 Å². The van der Waals surface area contributed by atoms with Gasteiger partial charge in [0.25, 0.3) is 0 Å². The number of nitrogens with zero attached hydrogens (tertiary/aromatic N) is 6. The summed E-state index contributed by atoms with van der Waals surface area (Å²) in [5.41, 5.74) is 8.12. The Morgan fingerprint density at radius 1 is 0.397 bits per heavy atom. The molecule has 10 rings (SSSR count). The number of aromatic nitrogens is 4. The summed E-state index contributed by atoms with van der Waals surface area (Å²) in [5, 5.41) is 21.1. The zero-order valence-electron chi connectivity index (χ0n) is 33.2. The fourth-order valence-corrected chi connectivity index (χ4v) is 8.16. The molecule has 0 saturated heterocycles. The Morgan fingerprint density at radius 3 is 1.35 bits per heavy atom. The van der Waals surface area contributed by atoms with Crippen molar-refractivity contribution in [1.29, 1.82) is 10.5 Å². The maximum absolute atomic E-state index is 14.9. The summed E-state index contributed by atoms with van der Waals surface area (Å²) < 4.78 is 46.7. The van der Waals surface area contributed by atoms with Gasteiger partial charge in [-0.2, -0.15) is 23.7 Å². The minimum absolute atomic E-state index is 0.0158. The summed E-state index contributed by atoms with van der Waals surface area (Å²) in [6.45, 7) is 0. The van der Waals surface area contributed by atoms with E-state index in [0.29, 0.717) is 45.4 Å². The maximum Gasteiger partial charge on any atom is 0.417 e. The second-order valence-electron chi connectivity index (χ2n) is 15.0. The van der Waals surface area contributed by atoms with Gasteiger partial charge in [0.15, 0.2) is 17.5 Å². The second kappa shape index (κ2) is 15.7. The lowest BCUT2D eigenvalue weighted by Crippen LogP contribution is -2.08. The van der Waals surface area contributed by atoms with Crippen LogP contribution >= 0.6 is 0 Å². The molecule has 0 bridgehead atoms. The average Bonchev–Trinajstić information content (AvgIpc) is 3.66. The fourth-order valence-electron chi connectivity index (χ4n) is 8.16. The van der Waals surface area contributed by atoms with Crippen LogP contribution in [0.15, 0.2) is 188 Å². The Kier molecular flexibility index (Phi) is 9.63. The van der Waals surface area contributed by atoms with Crippen molar-refractivity contribution in [1.82, 2.24) is 19.5 Å². The van der Waals surface area contributed by atoms with Gasteiger partial charge in [-0.25, -0.2) is 15.0 Å². The van der Waals surface area contributed by atoms with Crippen LogP contribution in [0.4, 0.5) is 13.2 Å². The number of alkyl halides is 3. The van der Waals surface area contributed by atoms with E-state index in [-0.39, 0.29) is 5.56 Å². The molecule has 2 heterocycles. The van der Waals surface area contributed by atoms with Crippen LogP contribution in [0.1, 0.15) is 16.7 Å². The molecule has 0 atom stereocenters. The third-order valence-corrected chi connectivity index (χ3v) is 11.1. The minimum Gasteiger partial charge on any atom is -0.309 e. The normalized spacial score (nSPS) is 11.4. The van der Waals surface area contributed by atoms with E-state index in [2.05, 4.69) is 24.3 Å². The smallest absolute Gasteiger partial charge is 0.309 e. The van der Waals surface area contributed by atoms with Crippen LogP contribution in [0.3, 0.4) is 0 Å². The Bertz CT molecular complexity index is 3300. The van der Waals surface area contributed by atoms with Crippen LogP contribution in [0.25, 0.3) is 95.0 Å². The average molecular weight is 821 g/mol. The SMILES string of the molecule is N#Cc1cccc(-c2ccc3c(c2)c2cc(-c4cccc(C#N)c4)ccc2n3-c2cc(-c3nc(-c4ccccc4)nc(-c4ccccc4)n3)ccc2-c2ccccc2C(F)(F)F)c1. The number of nitriles is 2. The standard InChI is InChI=1S/C54H31F3N6/c55-54(56,57)47-20-8-7-19-43(47)44-24-21-42(53-61-51(36-13-3-1-4-14-36)60-52(62-53)37-15-5-2-6-16-37)31-50(44)63-48-25-22-40(38-17-9-11-34(27-38)32-58)29-45(48)46-30-41(23-26-49(46)63)39-18-10-12-35(28-39)33-59/h1-31H. The number of fused-ring (bicyclic) bond motifs is 3. The third kappa shape index (κ3) is 7.24. The summed E-state index contributed by atoms with van der Waals surface area (Å²) >= 11 is 0. The van der Waals surface area contributed by atoms with Gasteiger partial charge < -0.3 is 4.57 Å². The Morgan fingerprint density at radius 2 is 0.841 bits per heavy atom. The van der Waals surface area contributed by atoms with Crippen molar-refractivity contribution >= 4 is 21.8 Å². The molecule has 0 N–H and O–H groups in total. The molecule has 0 aliphatic heterocycles. The van der Waals surface area contributed by atoms with Crippen LogP contribution in [-0.2, 0) is 6.18 Å². The number of halogens is 3. The Labute approximate surface area is 360 Å². The van der Waals surface area contributed by atoms with Crippen LogP contribution < -0.4 is 0 Å². The first-order valence-electron chi connectivity index (χ1n) is 20.0. The molecule has 298 valence electrons. The monoisotopic (exact) mass is 820 g/mol. The van der Waals surface area contributed by atoms with Crippen LogP contribution in [0.2, 0.25) is 0 Å².